The van der Waals surface area contributed by atoms with Crippen molar-refractivity contribution in [1.29, 1.82) is 0 Å². The van der Waals surface area contributed by atoms with Gasteiger partial charge >= 0.3 is 0 Å². The van der Waals surface area contributed by atoms with E-state index in [1.807, 2.05) is 0 Å². The third-order valence-electron chi connectivity index (χ3n) is 2.65. The van der Waals surface area contributed by atoms with Crippen molar-refractivity contribution in [3.05, 3.63) is 22.4 Å². The number of anilines is 1. The Balaban J connectivity index is 2.39. The summed E-state index contributed by atoms with van der Waals surface area (Å²) in [5.41, 5.74) is 0.268. The number of aromatic nitrogens is 1. The van der Waals surface area contributed by atoms with Crippen LogP contribution in [0.2, 0.25) is 10.0 Å². The molecule has 1 amide bonds. The minimum Gasteiger partial charge on any atom is -0.308 e. The van der Waals surface area contributed by atoms with Crippen molar-refractivity contribution in [1.82, 2.24) is 4.98 Å². The first kappa shape index (κ1) is 13.5. The first-order chi connectivity index (χ1) is 8.30. The van der Waals surface area contributed by atoms with Gasteiger partial charge in [0.25, 0.3) is 0 Å². The van der Waals surface area contributed by atoms with E-state index in [-0.39, 0.29) is 34.6 Å². The van der Waals surface area contributed by atoms with Gasteiger partial charge in [-0.3, -0.25) is 9.78 Å². The number of nitrogens with two attached hydrogens (primary N) is 1. The molecule has 2 rings (SSSR count). The number of hydrogen-bond acceptors (Lipinski definition) is 4. The standard InChI is InChI=1S/C9H9Cl2N3O3S/c10-6-2-13-3-7(11)9(6)14-4-5(1-8(14)15)18(12,16)17/h2-3,5H,1,4H2,(H2,12,16,17). The van der Waals surface area contributed by atoms with Crippen molar-refractivity contribution in [2.24, 2.45) is 5.14 Å². The van der Waals surface area contributed by atoms with Gasteiger partial charge < -0.3 is 4.90 Å². The number of primary sulfonamides is 1. The third-order valence-corrected chi connectivity index (χ3v) is 4.45. The van der Waals surface area contributed by atoms with E-state index >= 15 is 0 Å². The van der Waals surface area contributed by atoms with Gasteiger partial charge in [0, 0.05) is 25.4 Å². The molecule has 0 radical (unpaired) electrons. The summed E-state index contributed by atoms with van der Waals surface area (Å²) in [5, 5.41) is 4.47. The van der Waals surface area contributed by atoms with Crippen molar-refractivity contribution in [2.45, 2.75) is 11.7 Å². The van der Waals surface area contributed by atoms with Crippen LogP contribution in [0.4, 0.5) is 5.69 Å². The van der Waals surface area contributed by atoms with Crippen LogP contribution in [0.25, 0.3) is 0 Å². The average molecular weight is 310 g/mol. The van der Waals surface area contributed by atoms with Crippen molar-refractivity contribution >= 4 is 44.8 Å². The van der Waals surface area contributed by atoms with Gasteiger partial charge in [0.15, 0.2) is 0 Å². The van der Waals surface area contributed by atoms with Gasteiger partial charge in [-0.25, -0.2) is 13.6 Å². The minimum absolute atomic E-state index is 0.0544. The summed E-state index contributed by atoms with van der Waals surface area (Å²) in [4.78, 5) is 16.8. The Hall–Kier alpha value is -0.890. The van der Waals surface area contributed by atoms with Crippen LogP contribution in [0.5, 0.6) is 0 Å². The van der Waals surface area contributed by atoms with Crippen LogP contribution >= 0.6 is 23.2 Å². The summed E-state index contributed by atoms with van der Waals surface area (Å²) in [6.45, 7) is -0.0544. The van der Waals surface area contributed by atoms with E-state index in [0.29, 0.717) is 0 Å². The fourth-order valence-electron chi connectivity index (χ4n) is 1.77. The number of carbonyl (C=O) groups excluding carboxylic acids is 1. The van der Waals surface area contributed by atoms with Gasteiger partial charge in [0.1, 0.15) is 5.25 Å². The second-order valence-corrected chi connectivity index (χ2v) is 6.53. The third kappa shape index (κ3) is 2.44. The molecule has 9 heteroatoms. The molecule has 0 aromatic carbocycles. The molecule has 0 saturated carbocycles. The van der Waals surface area contributed by atoms with Crippen LogP contribution in [0.3, 0.4) is 0 Å². The highest BCUT2D eigenvalue weighted by atomic mass is 35.5. The molecule has 1 unspecified atom stereocenters. The molecule has 1 aromatic heterocycles. The molecule has 18 heavy (non-hydrogen) atoms. The fourth-order valence-corrected chi connectivity index (χ4v) is 3.07. The largest absolute Gasteiger partial charge is 0.308 e. The summed E-state index contributed by atoms with van der Waals surface area (Å²) in [6, 6.07) is 0. The monoisotopic (exact) mass is 309 g/mol. The normalized spacial score (nSPS) is 20.5. The lowest BCUT2D eigenvalue weighted by atomic mass is 10.3. The van der Waals surface area contributed by atoms with Gasteiger partial charge in [0.2, 0.25) is 15.9 Å². The summed E-state index contributed by atoms with van der Waals surface area (Å²) < 4.78 is 22.5. The highest BCUT2D eigenvalue weighted by molar-refractivity contribution is 7.89. The summed E-state index contributed by atoms with van der Waals surface area (Å²) >= 11 is 11.8. The van der Waals surface area contributed by atoms with E-state index in [9.17, 15) is 13.2 Å². The smallest absolute Gasteiger partial charge is 0.228 e. The molecule has 1 saturated heterocycles. The first-order valence-corrected chi connectivity index (χ1v) is 7.28. The SMILES string of the molecule is NS(=O)(=O)C1CC(=O)N(c2c(Cl)cncc2Cl)C1. The highest BCUT2D eigenvalue weighted by Crippen LogP contribution is 2.35. The number of carbonyl (C=O) groups is 1. The summed E-state index contributed by atoms with van der Waals surface area (Å²) in [6.07, 6.45) is 2.49. The van der Waals surface area contributed by atoms with Gasteiger partial charge in [-0.05, 0) is 0 Å². The first-order valence-electron chi connectivity index (χ1n) is 4.91. The number of halogens is 2. The maximum atomic E-state index is 11.8. The lowest BCUT2D eigenvalue weighted by Gasteiger charge is -2.18. The maximum absolute atomic E-state index is 11.8. The maximum Gasteiger partial charge on any atom is 0.228 e. The second-order valence-electron chi connectivity index (χ2n) is 3.87. The molecule has 98 valence electrons. The topological polar surface area (TPSA) is 93.4 Å². The van der Waals surface area contributed by atoms with Crippen LogP contribution in [0.1, 0.15) is 6.42 Å². The van der Waals surface area contributed by atoms with E-state index in [0.717, 1.165) is 0 Å². The Morgan fingerprint density at radius 3 is 2.33 bits per heavy atom. The van der Waals surface area contributed by atoms with E-state index in [1.54, 1.807) is 0 Å². The summed E-state index contributed by atoms with van der Waals surface area (Å²) in [7, 11) is -3.77. The molecule has 0 bridgehead atoms. The fraction of sp³-hybridized carbons (Fsp3) is 0.333. The zero-order chi connectivity index (χ0) is 13.5. The van der Waals surface area contributed by atoms with Gasteiger partial charge in [-0.2, -0.15) is 0 Å². The van der Waals surface area contributed by atoms with Crippen molar-refractivity contribution in [3.8, 4) is 0 Å². The number of sulfonamides is 1. The number of rotatable bonds is 2. The van der Waals surface area contributed by atoms with Crippen molar-refractivity contribution in [3.63, 3.8) is 0 Å². The van der Waals surface area contributed by atoms with Gasteiger partial charge in [0.05, 0.1) is 15.7 Å². The lowest BCUT2D eigenvalue weighted by Crippen LogP contribution is -2.32. The average Bonchev–Trinajstić information content (AvgIpc) is 2.60. The molecule has 1 aliphatic rings. The van der Waals surface area contributed by atoms with E-state index in [1.165, 1.54) is 17.3 Å². The van der Waals surface area contributed by atoms with Crippen LogP contribution in [-0.2, 0) is 14.8 Å². The molecule has 0 aliphatic carbocycles. The van der Waals surface area contributed by atoms with Gasteiger partial charge in [-0.1, -0.05) is 23.2 Å². The number of pyridine rings is 1. The Morgan fingerprint density at radius 1 is 1.33 bits per heavy atom. The highest BCUT2D eigenvalue weighted by Gasteiger charge is 2.38. The van der Waals surface area contributed by atoms with Crippen molar-refractivity contribution < 1.29 is 13.2 Å². The predicted octanol–water partition coefficient (Wildman–Crippen LogP) is 0.782. The molecule has 1 fully saturated rings. The Morgan fingerprint density at radius 2 is 1.89 bits per heavy atom. The van der Waals surface area contributed by atoms with Crippen LogP contribution in [0, 0.1) is 0 Å². The second kappa shape index (κ2) is 4.65. The predicted molar refractivity (Wildman–Crippen MR) is 68.1 cm³/mol. The molecule has 1 atom stereocenters. The van der Waals surface area contributed by atoms with Crippen LogP contribution in [0.15, 0.2) is 12.4 Å². The van der Waals surface area contributed by atoms with Gasteiger partial charge in [-0.15, -0.1) is 0 Å². The molecule has 6 nitrogen and oxygen atoms in total. The van der Waals surface area contributed by atoms with E-state index in [4.69, 9.17) is 28.3 Å². The quantitative estimate of drug-likeness (QED) is 0.873. The molecule has 0 spiro atoms. The minimum atomic E-state index is -3.77. The van der Waals surface area contributed by atoms with E-state index in [2.05, 4.69) is 4.98 Å². The van der Waals surface area contributed by atoms with E-state index < -0.39 is 15.3 Å². The van der Waals surface area contributed by atoms with Crippen molar-refractivity contribution in [2.75, 3.05) is 11.4 Å². The Kier molecular flexibility index (Phi) is 3.50. The summed E-state index contributed by atoms with van der Waals surface area (Å²) in [5.74, 6) is -0.385. The molecule has 2 N–H and O–H groups in total. The Labute approximate surface area is 114 Å². The zero-order valence-corrected chi connectivity index (χ0v) is 11.3. The molecule has 1 aliphatic heterocycles. The molecular formula is C9H9Cl2N3O3S. The molecule has 2 heterocycles. The number of amides is 1. The Bertz CT molecular complexity index is 585. The number of nitrogens with zero attached hydrogens (tertiary/aromatic N) is 2. The number of hydrogen-bond donors (Lipinski definition) is 1. The zero-order valence-electron chi connectivity index (χ0n) is 9.01. The van der Waals surface area contributed by atoms with Crippen LogP contribution < -0.4 is 10.0 Å². The molecule has 1 aromatic rings. The van der Waals surface area contributed by atoms with Crippen LogP contribution in [-0.4, -0.2) is 31.1 Å². The molecular weight excluding hydrogens is 301 g/mol. The lowest BCUT2D eigenvalue weighted by molar-refractivity contribution is -0.117.